The Morgan fingerprint density at radius 1 is 1.16 bits per heavy atom. The molecule has 0 aliphatic rings. The minimum absolute atomic E-state index is 0.301. The number of aryl methyl sites for hydroxylation is 1. The van der Waals surface area contributed by atoms with Crippen molar-refractivity contribution in [1.82, 2.24) is 4.98 Å². The average molecular weight is 249 g/mol. The normalized spacial score (nSPS) is 9.42. The number of benzene rings is 1. The van der Waals surface area contributed by atoms with Gasteiger partial charge < -0.3 is 4.74 Å². The fraction of sp³-hybridized carbons (Fsp3) is 0.133. The number of pyridine rings is 1. The van der Waals surface area contributed by atoms with E-state index < -0.39 is 0 Å². The molecule has 0 aliphatic carbocycles. The van der Waals surface area contributed by atoms with Gasteiger partial charge in [0.05, 0.1) is 12.5 Å². The molecule has 0 spiro atoms. The summed E-state index contributed by atoms with van der Waals surface area (Å²) >= 11 is 0. The first-order valence-electron chi connectivity index (χ1n) is 5.74. The molecule has 0 saturated carbocycles. The summed E-state index contributed by atoms with van der Waals surface area (Å²) in [5, 5.41) is 17.7. The van der Waals surface area contributed by atoms with E-state index >= 15 is 0 Å². The van der Waals surface area contributed by atoms with Crippen LogP contribution in [0.1, 0.15) is 16.7 Å². The second-order valence-corrected chi connectivity index (χ2v) is 4.00. The Bertz CT molecular complexity index is 663. The largest absolute Gasteiger partial charge is 0.438 e. The standard InChI is InChI=1S/C15H11N3O/c1-11-7-9-18-15(14(11)10-17)19-13-4-2-12(3-5-13)6-8-16/h2-5,7,9H,6H2,1H3. The average Bonchev–Trinajstić information content (AvgIpc) is 2.42. The molecule has 19 heavy (non-hydrogen) atoms. The number of hydrogen-bond donors (Lipinski definition) is 0. The third kappa shape index (κ3) is 2.88. The summed E-state index contributed by atoms with van der Waals surface area (Å²) < 4.78 is 5.60. The van der Waals surface area contributed by atoms with Crippen LogP contribution in [-0.4, -0.2) is 4.98 Å². The van der Waals surface area contributed by atoms with Crippen molar-refractivity contribution in [3.63, 3.8) is 0 Å². The van der Waals surface area contributed by atoms with E-state index in [-0.39, 0.29) is 0 Å². The van der Waals surface area contributed by atoms with Crippen molar-refractivity contribution >= 4 is 0 Å². The highest BCUT2D eigenvalue weighted by atomic mass is 16.5. The highest BCUT2D eigenvalue weighted by Gasteiger charge is 2.08. The molecule has 0 fully saturated rings. The van der Waals surface area contributed by atoms with Gasteiger partial charge in [-0.05, 0) is 36.2 Å². The van der Waals surface area contributed by atoms with Crippen LogP contribution in [0.25, 0.3) is 0 Å². The maximum absolute atomic E-state index is 9.09. The smallest absolute Gasteiger partial charge is 0.237 e. The van der Waals surface area contributed by atoms with Gasteiger partial charge in [0.15, 0.2) is 0 Å². The molecular weight excluding hydrogens is 238 g/mol. The van der Waals surface area contributed by atoms with Crippen LogP contribution in [-0.2, 0) is 6.42 Å². The van der Waals surface area contributed by atoms with Gasteiger partial charge >= 0.3 is 0 Å². The molecule has 0 radical (unpaired) electrons. The fourth-order valence-electron chi connectivity index (χ4n) is 1.62. The summed E-state index contributed by atoms with van der Waals surface area (Å²) in [6, 6.07) is 13.1. The zero-order chi connectivity index (χ0) is 13.7. The van der Waals surface area contributed by atoms with Gasteiger partial charge in [-0.2, -0.15) is 10.5 Å². The van der Waals surface area contributed by atoms with Gasteiger partial charge in [0.2, 0.25) is 5.88 Å². The lowest BCUT2D eigenvalue weighted by Gasteiger charge is -2.07. The molecule has 0 saturated heterocycles. The van der Waals surface area contributed by atoms with Crippen LogP contribution in [0, 0.1) is 29.6 Å². The van der Waals surface area contributed by atoms with Gasteiger partial charge in [0, 0.05) is 6.20 Å². The molecule has 1 heterocycles. The van der Waals surface area contributed by atoms with Gasteiger partial charge in [0.25, 0.3) is 0 Å². The predicted octanol–water partition coefficient (Wildman–Crippen LogP) is 3.12. The predicted molar refractivity (Wildman–Crippen MR) is 69.5 cm³/mol. The van der Waals surface area contributed by atoms with E-state index in [1.54, 1.807) is 24.4 Å². The lowest BCUT2D eigenvalue weighted by atomic mass is 10.1. The van der Waals surface area contributed by atoms with Gasteiger partial charge in [0.1, 0.15) is 17.4 Å². The number of hydrogen-bond acceptors (Lipinski definition) is 4. The summed E-state index contributed by atoms with van der Waals surface area (Å²) in [4.78, 5) is 4.07. The fourth-order valence-corrected chi connectivity index (χ4v) is 1.62. The zero-order valence-electron chi connectivity index (χ0n) is 10.4. The van der Waals surface area contributed by atoms with Crippen molar-refractivity contribution in [1.29, 1.82) is 10.5 Å². The van der Waals surface area contributed by atoms with Crippen LogP contribution < -0.4 is 4.74 Å². The highest BCUT2D eigenvalue weighted by Crippen LogP contribution is 2.24. The number of aromatic nitrogens is 1. The quantitative estimate of drug-likeness (QED) is 0.837. The van der Waals surface area contributed by atoms with E-state index in [0.29, 0.717) is 23.6 Å². The zero-order valence-corrected chi connectivity index (χ0v) is 10.4. The molecule has 0 unspecified atom stereocenters. The van der Waals surface area contributed by atoms with Gasteiger partial charge in [-0.1, -0.05) is 12.1 Å². The molecule has 1 aromatic heterocycles. The monoisotopic (exact) mass is 249 g/mol. The molecule has 0 bridgehead atoms. The van der Waals surface area contributed by atoms with Crippen LogP contribution in [0.2, 0.25) is 0 Å². The maximum Gasteiger partial charge on any atom is 0.237 e. The minimum Gasteiger partial charge on any atom is -0.438 e. The Hall–Kier alpha value is -2.85. The number of nitrogens with zero attached hydrogens (tertiary/aromatic N) is 3. The summed E-state index contributed by atoms with van der Waals surface area (Å²) in [7, 11) is 0. The molecule has 2 aromatic rings. The second kappa shape index (κ2) is 5.66. The lowest BCUT2D eigenvalue weighted by molar-refractivity contribution is 0.460. The number of rotatable bonds is 3. The molecule has 4 nitrogen and oxygen atoms in total. The maximum atomic E-state index is 9.09. The van der Waals surface area contributed by atoms with Gasteiger partial charge in [-0.25, -0.2) is 4.98 Å². The SMILES string of the molecule is Cc1ccnc(Oc2ccc(CC#N)cc2)c1C#N. The van der Waals surface area contributed by atoms with Crippen LogP contribution in [0.15, 0.2) is 36.5 Å². The third-order valence-electron chi connectivity index (χ3n) is 2.66. The van der Waals surface area contributed by atoms with E-state index in [1.165, 1.54) is 0 Å². The van der Waals surface area contributed by atoms with Crippen molar-refractivity contribution < 1.29 is 4.74 Å². The molecule has 4 heteroatoms. The molecule has 0 amide bonds. The van der Waals surface area contributed by atoms with E-state index in [0.717, 1.165) is 11.1 Å². The van der Waals surface area contributed by atoms with Crippen molar-refractivity contribution in [2.24, 2.45) is 0 Å². The lowest BCUT2D eigenvalue weighted by Crippen LogP contribution is -1.94. The Morgan fingerprint density at radius 3 is 2.53 bits per heavy atom. The Labute approximate surface area is 111 Å². The first kappa shape index (κ1) is 12.6. The van der Waals surface area contributed by atoms with Crippen molar-refractivity contribution in [3.05, 3.63) is 53.2 Å². The van der Waals surface area contributed by atoms with E-state index in [4.69, 9.17) is 15.3 Å². The summed E-state index contributed by atoms with van der Waals surface area (Å²) in [5.74, 6) is 0.895. The first-order chi connectivity index (χ1) is 9.24. The van der Waals surface area contributed by atoms with E-state index in [1.807, 2.05) is 19.1 Å². The minimum atomic E-state index is 0.301. The van der Waals surface area contributed by atoms with Crippen LogP contribution in [0.3, 0.4) is 0 Å². The van der Waals surface area contributed by atoms with Crippen molar-refractivity contribution in [3.8, 4) is 23.8 Å². The van der Waals surface area contributed by atoms with E-state index in [2.05, 4.69) is 17.1 Å². The topological polar surface area (TPSA) is 69.7 Å². The van der Waals surface area contributed by atoms with Crippen molar-refractivity contribution in [2.75, 3.05) is 0 Å². The number of ether oxygens (including phenoxy) is 1. The van der Waals surface area contributed by atoms with Crippen LogP contribution in [0.4, 0.5) is 0 Å². The van der Waals surface area contributed by atoms with Crippen LogP contribution in [0.5, 0.6) is 11.6 Å². The molecule has 0 atom stereocenters. The summed E-state index contributed by atoms with van der Waals surface area (Å²) in [6.07, 6.45) is 1.97. The molecular formula is C15H11N3O. The Balaban J connectivity index is 2.25. The highest BCUT2D eigenvalue weighted by molar-refractivity contribution is 5.45. The summed E-state index contributed by atoms with van der Waals surface area (Å²) in [6.45, 7) is 1.84. The Kier molecular flexibility index (Phi) is 3.75. The van der Waals surface area contributed by atoms with Crippen LogP contribution >= 0.6 is 0 Å². The molecule has 1 aromatic carbocycles. The third-order valence-corrected chi connectivity index (χ3v) is 2.66. The second-order valence-electron chi connectivity index (χ2n) is 4.00. The van der Waals surface area contributed by atoms with Gasteiger partial charge in [-0.3, -0.25) is 0 Å². The first-order valence-corrected chi connectivity index (χ1v) is 5.74. The molecule has 0 N–H and O–H groups in total. The molecule has 0 aliphatic heterocycles. The summed E-state index contributed by atoms with van der Waals surface area (Å²) in [5.41, 5.74) is 2.18. The molecule has 2 rings (SSSR count). The van der Waals surface area contributed by atoms with Gasteiger partial charge in [-0.15, -0.1) is 0 Å². The molecule has 92 valence electrons. The van der Waals surface area contributed by atoms with E-state index in [9.17, 15) is 0 Å². The Morgan fingerprint density at radius 2 is 1.89 bits per heavy atom. The van der Waals surface area contributed by atoms with Crippen molar-refractivity contribution in [2.45, 2.75) is 13.3 Å². The number of nitriles is 2.